The standard InChI is InChI=1S/C23H40FN3O3/c1-29-19-9-5-17(6-10-19)13-27-15-25-20-11-21(23(28)30-2)26(14-22(20)27)12-16-3-7-18(24)8-4-16/h16-22,25H,3-15H2,1-2H3/t16?,17?,18?,19?,20?,21-,22?/m0/s1. The molecule has 3 atom stereocenters. The average Bonchev–Trinajstić information content (AvgIpc) is 3.16. The summed E-state index contributed by atoms with van der Waals surface area (Å²) in [5.74, 6) is 1.11. The van der Waals surface area contributed by atoms with Crippen LogP contribution in [0.2, 0.25) is 0 Å². The summed E-state index contributed by atoms with van der Waals surface area (Å²) in [5.41, 5.74) is 0. The Morgan fingerprint density at radius 2 is 1.60 bits per heavy atom. The molecule has 2 aliphatic heterocycles. The molecule has 2 heterocycles. The fraction of sp³-hybridized carbons (Fsp3) is 0.957. The number of nitrogens with zero attached hydrogens (tertiary/aromatic N) is 2. The Labute approximate surface area is 180 Å². The Morgan fingerprint density at radius 3 is 2.23 bits per heavy atom. The summed E-state index contributed by atoms with van der Waals surface area (Å²) >= 11 is 0. The number of methoxy groups -OCH3 is 2. The highest BCUT2D eigenvalue weighted by Crippen LogP contribution is 2.33. The van der Waals surface area contributed by atoms with E-state index in [0.717, 1.165) is 51.5 Å². The second-order valence-electron chi connectivity index (χ2n) is 10.0. The summed E-state index contributed by atoms with van der Waals surface area (Å²) in [5, 5.41) is 3.67. The van der Waals surface area contributed by atoms with Crippen LogP contribution in [0, 0.1) is 11.8 Å². The zero-order valence-electron chi connectivity index (χ0n) is 18.7. The zero-order valence-corrected chi connectivity index (χ0v) is 18.7. The first-order valence-corrected chi connectivity index (χ1v) is 12.0. The van der Waals surface area contributed by atoms with Crippen molar-refractivity contribution in [2.24, 2.45) is 11.8 Å². The molecular weight excluding hydrogens is 385 g/mol. The summed E-state index contributed by atoms with van der Waals surface area (Å²) in [6, 6.07) is 0.620. The number of likely N-dealkylation sites (tertiary alicyclic amines) is 1. The van der Waals surface area contributed by atoms with E-state index in [2.05, 4.69) is 15.1 Å². The van der Waals surface area contributed by atoms with Crippen molar-refractivity contribution in [2.45, 2.75) is 88.2 Å². The topological polar surface area (TPSA) is 54.0 Å². The van der Waals surface area contributed by atoms with Crippen molar-refractivity contribution in [3.63, 3.8) is 0 Å². The van der Waals surface area contributed by atoms with E-state index in [1.54, 1.807) is 0 Å². The number of carbonyl (C=O) groups is 1. The van der Waals surface area contributed by atoms with E-state index >= 15 is 0 Å². The lowest BCUT2D eigenvalue weighted by molar-refractivity contribution is -0.149. The molecule has 0 aromatic rings. The molecule has 0 bridgehead atoms. The molecule has 7 heteroatoms. The Kier molecular flexibility index (Phi) is 7.66. The highest BCUT2D eigenvalue weighted by molar-refractivity contribution is 5.76. The first-order valence-electron chi connectivity index (χ1n) is 12.0. The monoisotopic (exact) mass is 425 g/mol. The molecule has 0 aromatic carbocycles. The van der Waals surface area contributed by atoms with Crippen molar-refractivity contribution in [1.29, 1.82) is 0 Å². The minimum Gasteiger partial charge on any atom is -0.468 e. The molecule has 6 nitrogen and oxygen atoms in total. The molecule has 0 aromatic heterocycles. The maximum atomic E-state index is 13.6. The van der Waals surface area contributed by atoms with Gasteiger partial charge in [-0.25, -0.2) is 4.39 Å². The number of nitrogens with one attached hydrogen (secondary N) is 1. The van der Waals surface area contributed by atoms with Gasteiger partial charge >= 0.3 is 5.97 Å². The SMILES string of the molecule is COC(=O)[C@@H]1CC2NCN(CC3CCC(OC)CC3)C2CN1CC1CCC(F)CC1. The van der Waals surface area contributed by atoms with Gasteiger partial charge in [0.05, 0.1) is 13.2 Å². The number of hydrogen-bond donors (Lipinski definition) is 1. The van der Waals surface area contributed by atoms with Gasteiger partial charge < -0.3 is 9.47 Å². The zero-order chi connectivity index (χ0) is 21.1. The molecule has 2 saturated carbocycles. The van der Waals surface area contributed by atoms with Crippen LogP contribution in [0.15, 0.2) is 0 Å². The van der Waals surface area contributed by atoms with Crippen molar-refractivity contribution in [3.05, 3.63) is 0 Å². The maximum Gasteiger partial charge on any atom is 0.323 e. The van der Waals surface area contributed by atoms with Crippen molar-refractivity contribution in [3.8, 4) is 0 Å². The van der Waals surface area contributed by atoms with Gasteiger partial charge in [-0.15, -0.1) is 0 Å². The Hall–Kier alpha value is -0.760. The minimum atomic E-state index is -0.633. The van der Waals surface area contributed by atoms with Crippen LogP contribution in [0.5, 0.6) is 0 Å². The van der Waals surface area contributed by atoms with Crippen LogP contribution in [-0.4, -0.2) is 86.7 Å². The third kappa shape index (κ3) is 5.17. The minimum absolute atomic E-state index is 0.120. The van der Waals surface area contributed by atoms with Gasteiger partial charge in [-0.3, -0.25) is 19.9 Å². The quantitative estimate of drug-likeness (QED) is 0.660. The van der Waals surface area contributed by atoms with Crippen molar-refractivity contribution in [1.82, 2.24) is 15.1 Å². The molecule has 4 fully saturated rings. The average molecular weight is 426 g/mol. The van der Waals surface area contributed by atoms with Gasteiger partial charge in [0.15, 0.2) is 0 Å². The fourth-order valence-corrected chi connectivity index (χ4v) is 6.28. The van der Waals surface area contributed by atoms with Gasteiger partial charge in [0, 0.05) is 45.5 Å². The first kappa shape index (κ1) is 22.4. The molecule has 4 rings (SSSR count). The lowest BCUT2D eigenvalue weighted by Gasteiger charge is -2.44. The summed E-state index contributed by atoms with van der Waals surface area (Å²) in [6.07, 6.45) is 8.66. The van der Waals surface area contributed by atoms with Crippen LogP contribution in [0.3, 0.4) is 0 Å². The molecule has 1 N–H and O–H groups in total. The second kappa shape index (κ2) is 10.2. The molecular formula is C23H40FN3O3. The predicted octanol–water partition coefficient (Wildman–Crippen LogP) is 2.57. The van der Waals surface area contributed by atoms with Crippen molar-refractivity contribution < 1.29 is 18.7 Å². The van der Waals surface area contributed by atoms with Crippen molar-refractivity contribution >= 4 is 5.97 Å². The summed E-state index contributed by atoms with van der Waals surface area (Å²) in [6.45, 7) is 3.84. The van der Waals surface area contributed by atoms with E-state index in [1.165, 1.54) is 32.8 Å². The number of piperidine rings is 1. The van der Waals surface area contributed by atoms with Crippen LogP contribution in [-0.2, 0) is 14.3 Å². The van der Waals surface area contributed by atoms with Crippen LogP contribution in [0.4, 0.5) is 4.39 Å². The Bertz CT molecular complexity index is 564. The van der Waals surface area contributed by atoms with E-state index in [-0.39, 0.29) is 12.0 Å². The predicted molar refractivity (Wildman–Crippen MR) is 114 cm³/mol. The third-order valence-electron chi connectivity index (χ3n) is 8.19. The molecule has 2 saturated heterocycles. The van der Waals surface area contributed by atoms with Crippen LogP contribution >= 0.6 is 0 Å². The number of alkyl halides is 1. The van der Waals surface area contributed by atoms with E-state index in [0.29, 0.717) is 36.9 Å². The van der Waals surface area contributed by atoms with Crippen LogP contribution in [0.25, 0.3) is 0 Å². The number of halogens is 1. The lowest BCUT2D eigenvalue weighted by atomic mass is 9.85. The summed E-state index contributed by atoms with van der Waals surface area (Å²) < 4.78 is 24.3. The highest BCUT2D eigenvalue weighted by atomic mass is 19.1. The molecule has 0 radical (unpaired) electrons. The Balaban J connectivity index is 1.37. The van der Waals surface area contributed by atoms with E-state index in [9.17, 15) is 9.18 Å². The van der Waals surface area contributed by atoms with Gasteiger partial charge in [-0.05, 0) is 69.6 Å². The smallest absolute Gasteiger partial charge is 0.323 e. The number of rotatable bonds is 6. The number of esters is 1. The molecule has 172 valence electrons. The van der Waals surface area contributed by atoms with Gasteiger partial charge in [0.25, 0.3) is 0 Å². The largest absolute Gasteiger partial charge is 0.468 e. The molecule has 0 spiro atoms. The summed E-state index contributed by atoms with van der Waals surface area (Å²) in [7, 11) is 3.32. The van der Waals surface area contributed by atoms with E-state index < -0.39 is 6.17 Å². The maximum absolute atomic E-state index is 13.6. The highest BCUT2D eigenvalue weighted by Gasteiger charge is 2.45. The second-order valence-corrected chi connectivity index (χ2v) is 10.0. The first-order chi connectivity index (χ1) is 14.6. The molecule has 2 unspecified atom stereocenters. The van der Waals surface area contributed by atoms with Gasteiger partial charge in [0.1, 0.15) is 12.2 Å². The van der Waals surface area contributed by atoms with Crippen molar-refractivity contribution in [2.75, 3.05) is 40.5 Å². The molecule has 30 heavy (non-hydrogen) atoms. The van der Waals surface area contributed by atoms with Gasteiger partial charge in [-0.1, -0.05) is 0 Å². The van der Waals surface area contributed by atoms with E-state index in [4.69, 9.17) is 9.47 Å². The number of hydrogen-bond acceptors (Lipinski definition) is 6. The van der Waals surface area contributed by atoms with E-state index in [1.807, 2.05) is 7.11 Å². The number of ether oxygens (including phenoxy) is 2. The summed E-state index contributed by atoms with van der Waals surface area (Å²) in [4.78, 5) is 17.5. The molecule has 4 aliphatic rings. The third-order valence-corrected chi connectivity index (χ3v) is 8.19. The lowest BCUT2D eigenvalue weighted by Crippen LogP contribution is -2.59. The number of carbonyl (C=O) groups excluding carboxylic acids is 1. The van der Waals surface area contributed by atoms with Gasteiger partial charge in [0.2, 0.25) is 0 Å². The molecule has 2 aliphatic carbocycles. The van der Waals surface area contributed by atoms with Gasteiger partial charge in [-0.2, -0.15) is 0 Å². The molecule has 0 amide bonds. The Morgan fingerprint density at radius 1 is 0.967 bits per heavy atom. The normalized spacial score (nSPS) is 40.8. The van der Waals surface area contributed by atoms with Crippen LogP contribution in [0.1, 0.15) is 57.8 Å². The number of fused-ring (bicyclic) bond motifs is 1. The van der Waals surface area contributed by atoms with Crippen LogP contribution < -0.4 is 5.32 Å². The fourth-order valence-electron chi connectivity index (χ4n) is 6.28.